The zero-order chi connectivity index (χ0) is 33.0. The quantitative estimate of drug-likeness (QED) is 0.169. The molecule has 7 aromatic carbocycles. The molecule has 0 N–H and O–H groups in total. The second-order valence-corrected chi connectivity index (χ2v) is 11.6. The highest BCUT2D eigenvalue weighted by Crippen LogP contribution is 2.47. The minimum Gasteiger partial charge on any atom is -0.314 e. The lowest BCUT2D eigenvalue weighted by atomic mass is 9.93. The molecule has 1 aliphatic carbocycles. The average molecular weight is 631 g/mol. The number of nitrogens with zero attached hydrogens (tertiary/aromatic N) is 2. The molecule has 0 spiro atoms. The maximum atomic E-state index is 14.2. The Morgan fingerprint density at radius 3 is 1.35 bits per heavy atom. The van der Waals surface area contributed by atoms with E-state index in [0.29, 0.717) is 12.8 Å². The molecule has 1 aliphatic rings. The lowest BCUT2D eigenvalue weighted by Crippen LogP contribution is -2.18. The Kier molecular flexibility index (Phi) is 8.72. The topological polar surface area (TPSA) is 6.48 Å². The molecule has 4 heteroatoms. The van der Waals surface area contributed by atoms with Gasteiger partial charge in [0.15, 0.2) is 0 Å². The van der Waals surface area contributed by atoms with Crippen molar-refractivity contribution in [2.24, 2.45) is 0 Å². The molecule has 0 saturated carbocycles. The van der Waals surface area contributed by atoms with E-state index in [-0.39, 0.29) is 11.6 Å². The number of anilines is 5. The molecule has 0 aromatic heterocycles. The molecule has 0 bridgehead atoms. The van der Waals surface area contributed by atoms with E-state index >= 15 is 0 Å². The maximum Gasteiger partial charge on any atom is 0.123 e. The van der Waals surface area contributed by atoms with E-state index in [9.17, 15) is 8.78 Å². The van der Waals surface area contributed by atoms with Crippen LogP contribution >= 0.6 is 0 Å². The monoisotopic (exact) mass is 630 g/mol. The van der Waals surface area contributed by atoms with Gasteiger partial charge in [0.05, 0.1) is 11.4 Å². The van der Waals surface area contributed by atoms with Crippen LogP contribution in [0.25, 0.3) is 32.3 Å². The largest absolute Gasteiger partial charge is 0.314 e. The standard InChI is InChI=1S/C42H30F2N2.C2H6/c43-29-19-23-33(24-20-29)45(31-11-3-1-4-12-31)41-27-39-36-16-8-10-18-38(36)42(28-40(39)35-15-7-9-17-37(35)41)46(32-13-5-2-6-14-32)34-25-21-30(44)22-26-34;1-2/h1-21,23-25,27-28H,22,26H2;1-2H3. The first-order chi connectivity index (χ1) is 23.7. The zero-order valence-electron chi connectivity index (χ0n) is 27.1. The number of halogens is 2. The third-order valence-electron chi connectivity index (χ3n) is 8.80. The van der Waals surface area contributed by atoms with E-state index in [4.69, 9.17) is 0 Å². The lowest BCUT2D eigenvalue weighted by molar-refractivity contribution is 0.580. The summed E-state index contributed by atoms with van der Waals surface area (Å²) in [5, 5.41) is 6.66. The van der Waals surface area contributed by atoms with Gasteiger partial charge in [0, 0.05) is 40.0 Å². The highest BCUT2D eigenvalue weighted by atomic mass is 19.1. The van der Waals surface area contributed by atoms with Crippen molar-refractivity contribution < 1.29 is 8.78 Å². The Hall–Kier alpha value is -5.74. The molecule has 2 nitrogen and oxygen atoms in total. The Morgan fingerprint density at radius 1 is 0.417 bits per heavy atom. The molecule has 0 heterocycles. The van der Waals surface area contributed by atoms with Crippen molar-refractivity contribution >= 4 is 60.8 Å². The second kappa shape index (κ2) is 13.5. The van der Waals surface area contributed by atoms with Crippen molar-refractivity contribution in [1.82, 2.24) is 0 Å². The molecule has 0 atom stereocenters. The van der Waals surface area contributed by atoms with Gasteiger partial charge in [-0.15, -0.1) is 0 Å². The number of fused-ring (bicyclic) bond motifs is 5. The van der Waals surface area contributed by atoms with E-state index in [1.165, 1.54) is 12.1 Å². The fourth-order valence-corrected chi connectivity index (χ4v) is 6.70. The molecule has 0 saturated heterocycles. The Balaban J connectivity index is 0.00000179. The SMILES string of the molecule is CC.FC1=CC=C(N(c2ccccc2)c2cc3c4ccccc4c(N(c4ccccc4)c4ccc(F)cc4)cc3c3ccccc23)CC1. The van der Waals surface area contributed by atoms with Crippen LogP contribution in [0.2, 0.25) is 0 Å². The van der Waals surface area contributed by atoms with Crippen LogP contribution in [0, 0.1) is 5.82 Å². The molecular weight excluding hydrogens is 594 g/mol. The van der Waals surface area contributed by atoms with Crippen LogP contribution in [0.5, 0.6) is 0 Å². The van der Waals surface area contributed by atoms with Crippen molar-refractivity contribution in [3.8, 4) is 0 Å². The Bertz CT molecular complexity index is 2270. The van der Waals surface area contributed by atoms with E-state index in [1.54, 1.807) is 6.08 Å². The number of hydrogen-bond acceptors (Lipinski definition) is 2. The normalized spacial score (nSPS) is 12.7. The number of hydrogen-bond donors (Lipinski definition) is 0. The fraction of sp³-hybridized carbons (Fsp3) is 0.0909. The maximum absolute atomic E-state index is 14.2. The summed E-state index contributed by atoms with van der Waals surface area (Å²) in [4.78, 5) is 4.48. The van der Waals surface area contributed by atoms with E-state index in [2.05, 4.69) is 94.7 Å². The van der Waals surface area contributed by atoms with Gasteiger partial charge in [-0.2, -0.15) is 0 Å². The molecule has 7 aromatic rings. The first kappa shape index (κ1) is 30.9. The summed E-state index contributed by atoms with van der Waals surface area (Å²) >= 11 is 0. The summed E-state index contributed by atoms with van der Waals surface area (Å²) in [6.45, 7) is 4.00. The molecule has 48 heavy (non-hydrogen) atoms. The average Bonchev–Trinajstić information content (AvgIpc) is 3.15. The third-order valence-corrected chi connectivity index (χ3v) is 8.80. The summed E-state index contributed by atoms with van der Waals surface area (Å²) < 4.78 is 28.3. The number of benzene rings is 7. The summed E-state index contributed by atoms with van der Waals surface area (Å²) in [6.07, 6.45) is 4.48. The van der Waals surface area contributed by atoms with Gasteiger partial charge in [-0.25, -0.2) is 8.78 Å². The summed E-state index contributed by atoms with van der Waals surface area (Å²) in [7, 11) is 0. The van der Waals surface area contributed by atoms with Crippen molar-refractivity contribution in [1.29, 1.82) is 0 Å². The van der Waals surface area contributed by atoms with Gasteiger partial charge in [0.25, 0.3) is 0 Å². The fourth-order valence-electron chi connectivity index (χ4n) is 6.70. The van der Waals surface area contributed by atoms with E-state index in [1.807, 2.05) is 68.5 Å². The molecule has 0 aliphatic heterocycles. The minimum atomic E-state index is -0.270. The first-order valence-corrected chi connectivity index (χ1v) is 16.5. The Labute approximate surface area is 280 Å². The number of rotatable bonds is 6. The van der Waals surface area contributed by atoms with Crippen LogP contribution in [0.15, 0.2) is 169 Å². The van der Waals surface area contributed by atoms with Crippen LogP contribution in [0.4, 0.5) is 37.2 Å². The van der Waals surface area contributed by atoms with Crippen molar-refractivity contribution in [3.05, 3.63) is 175 Å². The number of allylic oxidation sites excluding steroid dienone is 4. The molecule has 0 unspecified atom stereocenters. The molecule has 8 rings (SSSR count). The number of para-hydroxylation sites is 2. The van der Waals surface area contributed by atoms with Crippen LogP contribution in [-0.4, -0.2) is 0 Å². The summed E-state index contributed by atoms with van der Waals surface area (Å²) in [5.41, 5.74) is 5.99. The van der Waals surface area contributed by atoms with Crippen molar-refractivity contribution in [2.45, 2.75) is 26.7 Å². The third kappa shape index (κ3) is 5.71. The van der Waals surface area contributed by atoms with Gasteiger partial charge in [-0.3, -0.25) is 0 Å². The van der Waals surface area contributed by atoms with Gasteiger partial charge in [-0.1, -0.05) is 98.8 Å². The van der Waals surface area contributed by atoms with Gasteiger partial charge < -0.3 is 9.80 Å². The smallest absolute Gasteiger partial charge is 0.123 e. The van der Waals surface area contributed by atoms with Crippen LogP contribution in [0.3, 0.4) is 0 Å². The second-order valence-electron chi connectivity index (χ2n) is 11.6. The Morgan fingerprint density at radius 2 is 0.854 bits per heavy atom. The molecule has 0 amide bonds. The van der Waals surface area contributed by atoms with E-state index in [0.717, 1.165) is 66.5 Å². The van der Waals surface area contributed by atoms with Gasteiger partial charge >= 0.3 is 0 Å². The summed E-state index contributed by atoms with van der Waals surface area (Å²) in [6, 6.07) is 48.8. The highest BCUT2D eigenvalue weighted by Gasteiger charge is 2.23. The van der Waals surface area contributed by atoms with Gasteiger partial charge in [-0.05, 0) is 101 Å². The van der Waals surface area contributed by atoms with Crippen LogP contribution < -0.4 is 9.80 Å². The molecule has 0 fully saturated rings. The zero-order valence-corrected chi connectivity index (χ0v) is 27.1. The van der Waals surface area contributed by atoms with Gasteiger partial charge in [0.2, 0.25) is 0 Å². The molecular formula is C44H36F2N2. The predicted octanol–water partition coefficient (Wildman–Crippen LogP) is 13.5. The van der Waals surface area contributed by atoms with E-state index < -0.39 is 0 Å². The first-order valence-electron chi connectivity index (χ1n) is 16.5. The highest BCUT2D eigenvalue weighted by molar-refractivity contribution is 6.24. The van der Waals surface area contributed by atoms with Crippen molar-refractivity contribution in [2.75, 3.05) is 9.80 Å². The minimum absolute atomic E-state index is 0.0946. The summed E-state index contributed by atoms with van der Waals surface area (Å²) in [5.74, 6) is -0.365. The predicted molar refractivity (Wildman–Crippen MR) is 200 cm³/mol. The van der Waals surface area contributed by atoms with Crippen molar-refractivity contribution in [3.63, 3.8) is 0 Å². The lowest BCUT2D eigenvalue weighted by Gasteiger charge is -2.31. The van der Waals surface area contributed by atoms with Gasteiger partial charge in [0.1, 0.15) is 11.6 Å². The molecule has 0 radical (unpaired) electrons. The van der Waals surface area contributed by atoms with Crippen LogP contribution in [-0.2, 0) is 0 Å². The molecule has 236 valence electrons. The van der Waals surface area contributed by atoms with Crippen LogP contribution in [0.1, 0.15) is 26.7 Å².